The molecule has 2 aromatic heterocycles. The van der Waals surface area contributed by atoms with Gasteiger partial charge in [0.15, 0.2) is 5.65 Å². The van der Waals surface area contributed by atoms with E-state index < -0.39 is 0 Å². The normalized spacial score (nSPS) is 15.8. The second kappa shape index (κ2) is 5.56. The summed E-state index contributed by atoms with van der Waals surface area (Å²) in [6.07, 6.45) is 2.56. The Kier molecular flexibility index (Phi) is 3.49. The summed E-state index contributed by atoms with van der Waals surface area (Å²) < 4.78 is 1.73. The van der Waals surface area contributed by atoms with Crippen molar-refractivity contribution in [2.75, 3.05) is 0 Å². The van der Waals surface area contributed by atoms with Crippen molar-refractivity contribution in [3.63, 3.8) is 0 Å². The molecule has 6 nitrogen and oxygen atoms in total. The zero-order chi connectivity index (χ0) is 16.8. The number of aliphatic hydroxyl groups is 1. The van der Waals surface area contributed by atoms with Crippen LogP contribution in [0.4, 0.5) is 0 Å². The summed E-state index contributed by atoms with van der Waals surface area (Å²) in [5.74, 6) is 1.26. The summed E-state index contributed by atoms with van der Waals surface area (Å²) in [7, 11) is 0. The van der Waals surface area contributed by atoms with Gasteiger partial charge in [0.2, 0.25) is 0 Å². The Balaban J connectivity index is 1.81. The van der Waals surface area contributed by atoms with Gasteiger partial charge in [0, 0.05) is 0 Å². The van der Waals surface area contributed by atoms with Gasteiger partial charge in [-0.1, -0.05) is 24.3 Å². The van der Waals surface area contributed by atoms with Gasteiger partial charge in [0.05, 0.1) is 12.6 Å². The van der Waals surface area contributed by atoms with Gasteiger partial charge in [-0.25, -0.2) is 9.67 Å². The number of aromatic nitrogens is 4. The number of hydrogen-bond acceptors (Lipinski definition) is 4. The van der Waals surface area contributed by atoms with Gasteiger partial charge in [-0.15, -0.1) is 0 Å². The van der Waals surface area contributed by atoms with E-state index in [1.54, 1.807) is 11.6 Å². The van der Waals surface area contributed by atoms with Gasteiger partial charge in [-0.2, -0.15) is 5.10 Å². The molecule has 0 radical (unpaired) electrons. The predicted molar refractivity (Wildman–Crippen MR) is 91.0 cm³/mol. The van der Waals surface area contributed by atoms with E-state index in [0.29, 0.717) is 22.6 Å². The molecule has 1 atom stereocenters. The maximum absolute atomic E-state index is 12.2. The maximum Gasteiger partial charge on any atom is 0.262 e. The van der Waals surface area contributed by atoms with Crippen molar-refractivity contribution >= 4 is 11.0 Å². The first-order chi connectivity index (χ1) is 11.6. The molecule has 4 rings (SSSR count). The molecule has 124 valence electrons. The number of aliphatic hydroxyl groups excluding tert-OH is 1. The first kappa shape index (κ1) is 15.1. The summed E-state index contributed by atoms with van der Waals surface area (Å²) >= 11 is 0. The third-order valence-corrected chi connectivity index (χ3v) is 4.74. The summed E-state index contributed by atoms with van der Waals surface area (Å²) in [4.78, 5) is 19.3. The number of H-pyrrole nitrogens is 1. The third kappa shape index (κ3) is 2.43. The molecule has 6 heteroatoms. The highest BCUT2D eigenvalue weighted by molar-refractivity contribution is 5.77. The van der Waals surface area contributed by atoms with Crippen LogP contribution in [0.5, 0.6) is 0 Å². The average molecular weight is 324 g/mol. The number of nitrogens with zero attached hydrogens (tertiary/aromatic N) is 3. The molecule has 2 N–H and O–H groups in total. The molecule has 2 heterocycles. The van der Waals surface area contributed by atoms with Crippen LogP contribution in [0.1, 0.15) is 54.4 Å². The SMILES string of the molecule is Cc1nc2c(c(CO)nn2C(C)c2ccc(C3CC3)cc2)c(=O)[nH]1. The van der Waals surface area contributed by atoms with Crippen LogP contribution in [0.2, 0.25) is 0 Å². The molecule has 24 heavy (non-hydrogen) atoms. The Morgan fingerprint density at radius 3 is 2.67 bits per heavy atom. The number of fused-ring (bicyclic) bond motifs is 1. The van der Waals surface area contributed by atoms with Crippen LogP contribution < -0.4 is 5.56 Å². The summed E-state index contributed by atoms with van der Waals surface area (Å²) in [5, 5.41) is 14.3. The van der Waals surface area contributed by atoms with E-state index in [9.17, 15) is 9.90 Å². The molecule has 1 aliphatic rings. The van der Waals surface area contributed by atoms with E-state index in [1.165, 1.54) is 18.4 Å². The Morgan fingerprint density at radius 2 is 2.04 bits per heavy atom. The Bertz CT molecular complexity index is 952. The Hall–Kier alpha value is -2.47. The van der Waals surface area contributed by atoms with E-state index in [-0.39, 0.29) is 18.2 Å². The lowest BCUT2D eigenvalue weighted by Gasteiger charge is -2.14. The number of aromatic amines is 1. The van der Waals surface area contributed by atoms with Gasteiger partial charge in [-0.05, 0) is 43.7 Å². The molecule has 0 saturated heterocycles. The fourth-order valence-corrected chi connectivity index (χ4v) is 3.21. The molecular weight excluding hydrogens is 304 g/mol. The number of rotatable bonds is 4. The highest BCUT2D eigenvalue weighted by Crippen LogP contribution is 2.40. The summed E-state index contributed by atoms with van der Waals surface area (Å²) in [6.45, 7) is 3.48. The van der Waals surface area contributed by atoms with E-state index in [0.717, 1.165) is 11.5 Å². The smallest absolute Gasteiger partial charge is 0.262 e. The molecule has 0 bridgehead atoms. The molecule has 1 unspecified atom stereocenters. The van der Waals surface area contributed by atoms with Crippen LogP contribution in [-0.2, 0) is 6.61 Å². The zero-order valence-corrected chi connectivity index (χ0v) is 13.8. The standard InChI is InChI=1S/C18H20N4O2/c1-10(12-3-5-13(6-4-12)14-7-8-14)22-17-16(15(9-23)21-22)18(24)20-11(2)19-17/h3-6,10,14,23H,7-9H2,1-2H3,(H,19,20,24). The molecule has 0 aliphatic heterocycles. The second-order valence-electron chi connectivity index (χ2n) is 6.52. The lowest BCUT2D eigenvalue weighted by Crippen LogP contribution is -2.13. The van der Waals surface area contributed by atoms with Gasteiger partial charge in [0.1, 0.15) is 16.9 Å². The minimum atomic E-state index is -0.287. The first-order valence-corrected chi connectivity index (χ1v) is 8.27. The second-order valence-corrected chi connectivity index (χ2v) is 6.52. The minimum Gasteiger partial charge on any atom is -0.390 e. The van der Waals surface area contributed by atoms with Gasteiger partial charge in [-0.3, -0.25) is 4.79 Å². The number of aryl methyl sites for hydroxylation is 1. The first-order valence-electron chi connectivity index (χ1n) is 8.27. The van der Waals surface area contributed by atoms with E-state index in [4.69, 9.17) is 0 Å². The van der Waals surface area contributed by atoms with Crippen molar-refractivity contribution in [1.82, 2.24) is 19.7 Å². The third-order valence-electron chi connectivity index (χ3n) is 4.74. The van der Waals surface area contributed by atoms with Crippen LogP contribution in [0.3, 0.4) is 0 Å². The van der Waals surface area contributed by atoms with Gasteiger partial charge in [0.25, 0.3) is 5.56 Å². The van der Waals surface area contributed by atoms with Gasteiger partial charge >= 0.3 is 0 Å². The maximum atomic E-state index is 12.2. The van der Waals surface area contributed by atoms with Crippen LogP contribution in [-0.4, -0.2) is 24.9 Å². The molecule has 1 aromatic carbocycles. The molecule has 1 saturated carbocycles. The lowest BCUT2D eigenvalue weighted by molar-refractivity contribution is 0.276. The highest BCUT2D eigenvalue weighted by atomic mass is 16.3. The number of hydrogen-bond donors (Lipinski definition) is 2. The number of benzene rings is 1. The lowest BCUT2D eigenvalue weighted by atomic mass is 10.0. The molecule has 1 fully saturated rings. The van der Waals surface area contributed by atoms with Crippen molar-refractivity contribution in [2.45, 2.75) is 45.3 Å². The van der Waals surface area contributed by atoms with Crippen molar-refractivity contribution in [1.29, 1.82) is 0 Å². The quantitative estimate of drug-likeness (QED) is 0.772. The summed E-state index contributed by atoms with van der Waals surface area (Å²) in [5.41, 5.74) is 3.11. The van der Waals surface area contributed by atoms with Crippen LogP contribution >= 0.6 is 0 Å². The van der Waals surface area contributed by atoms with Crippen molar-refractivity contribution < 1.29 is 5.11 Å². The molecule has 0 amide bonds. The molecular formula is C18H20N4O2. The minimum absolute atomic E-state index is 0.0743. The fraction of sp³-hybridized carbons (Fsp3) is 0.389. The van der Waals surface area contributed by atoms with Gasteiger partial charge < -0.3 is 10.1 Å². The largest absolute Gasteiger partial charge is 0.390 e. The highest BCUT2D eigenvalue weighted by Gasteiger charge is 2.24. The van der Waals surface area contributed by atoms with Crippen LogP contribution in [0, 0.1) is 6.92 Å². The van der Waals surface area contributed by atoms with Crippen molar-refractivity contribution in [2.24, 2.45) is 0 Å². The Morgan fingerprint density at radius 1 is 1.33 bits per heavy atom. The van der Waals surface area contributed by atoms with Crippen LogP contribution in [0.15, 0.2) is 29.1 Å². The monoisotopic (exact) mass is 324 g/mol. The fourth-order valence-electron chi connectivity index (χ4n) is 3.21. The van der Waals surface area contributed by atoms with E-state index >= 15 is 0 Å². The molecule has 3 aromatic rings. The molecule has 0 spiro atoms. The van der Waals surface area contributed by atoms with E-state index in [2.05, 4.69) is 39.3 Å². The topological polar surface area (TPSA) is 83.8 Å². The number of nitrogens with one attached hydrogen (secondary N) is 1. The van der Waals surface area contributed by atoms with Crippen molar-refractivity contribution in [3.8, 4) is 0 Å². The zero-order valence-electron chi connectivity index (χ0n) is 13.8. The predicted octanol–water partition coefficient (Wildman–Crippen LogP) is 2.41. The van der Waals surface area contributed by atoms with E-state index in [1.807, 2.05) is 6.92 Å². The van der Waals surface area contributed by atoms with Crippen LogP contribution in [0.25, 0.3) is 11.0 Å². The van der Waals surface area contributed by atoms with Crippen molar-refractivity contribution in [3.05, 3.63) is 57.3 Å². The average Bonchev–Trinajstić information content (AvgIpc) is 3.35. The summed E-state index contributed by atoms with van der Waals surface area (Å²) in [6, 6.07) is 8.51. The Labute approximate surface area is 139 Å². The molecule has 1 aliphatic carbocycles.